The van der Waals surface area contributed by atoms with Crippen molar-refractivity contribution in [3.05, 3.63) is 22.8 Å². The average Bonchev–Trinajstić information content (AvgIpc) is 3.47. The van der Waals surface area contributed by atoms with Gasteiger partial charge in [-0.05, 0) is 124 Å². The number of carbonyl (C=O) groups excluding carboxylic acids is 1. The maximum Gasteiger partial charge on any atom is 0.313 e. The van der Waals surface area contributed by atoms with E-state index in [1.54, 1.807) is 11.1 Å². The van der Waals surface area contributed by atoms with Crippen LogP contribution in [0, 0.1) is 63.1 Å². The van der Waals surface area contributed by atoms with Gasteiger partial charge >= 0.3 is 5.97 Å². The van der Waals surface area contributed by atoms with Crippen LogP contribution >= 0.6 is 0 Å². The molecule has 0 N–H and O–H groups in total. The van der Waals surface area contributed by atoms with Crippen molar-refractivity contribution < 1.29 is 9.53 Å². The molecule has 0 radical (unpaired) electrons. The Hall–Kier alpha value is -1.05. The minimum absolute atomic E-state index is 0.00138. The lowest BCUT2D eigenvalue weighted by atomic mass is 9.47. The molecule has 0 amide bonds. The van der Waals surface area contributed by atoms with Crippen molar-refractivity contribution >= 4 is 5.97 Å². The second kappa shape index (κ2) is 7.78. The molecular formula is C35H52O2. The van der Waals surface area contributed by atoms with Crippen LogP contribution in [0.3, 0.4) is 0 Å². The molecule has 1 heterocycles. The fourth-order valence-electron chi connectivity index (χ4n) is 12.6. The Balaban J connectivity index is 1.30. The Morgan fingerprint density at radius 2 is 1.76 bits per heavy atom. The van der Waals surface area contributed by atoms with E-state index in [-0.39, 0.29) is 22.9 Å². The van der Waals surface area contributed by atoms with E-state index in [1.165, 1.54) is 57.8 Å². The van der Waals surface area contributed by atoms with Crippen LogP contribution in [-0.2, 0) is 9.53 Å². The summed E-state index contributed by atoms with van der Waals surface area (Å²) >= 11 is 0. The molecule has 1 saturated heterocycles. The summed E-state index contributed by atoms with van der Waals surface area (Å²) < 4.78 is 6.51. The van der Waals surface area contributed by atoms with E-state index in [9.17, 15) is 4.79 Å². The van der Waals surface area contributed by atoms with Crippen molar-refractivity contribution in [2.75, 3.05) is 0 Å². The first-order valence-electron chi connectivity index (χ1n) is 16.0. The molecule has 7 rings (SSSR count). The Morgan fingerprint density at radius 3 is 2.51 bits per heavy atom. The molecule has 0 aromatic rings. The summed E-state index contributed by atoms with van der Waals surface area (Å²) in [5.41, 5.74) is 5.59. The zero-order valence-corrected chi connectivity index (χ0v) is 24.8. The topological polar surface area (TPSA) is 26.3 Å². The van der Waals surface area contributed by atoms with E-state index in [0.29, 0.717) is 34.5 Å². The Labute approximate surface area is 226 Å². The van der Waals surface area contributed by atoms with Crippen molar-refractivity contribution in [3.8, 4) is 0 Å². The first-order chi connectivity index (χ1) is 17.4. The van der Waals surface area contributed by atoms with Gasteiger partial charge in [-0.2, -0.15) is 0 Å². The molecule has 4 fully saturated rings. The summed E-state index contributed by atoms with van der Waals surface area (Å²) in [4.78, 5) is 14.3. The van der Waals surface area contributed by atoms with Crippen LogP contribution in [0.5, 0.6) is 0 Å². The van der Waals surface area contributed by atoms with Gasteiger partial charge in [0.15, 0.2) is 0 Å². The van der Waals surface area contributed by atoms with Crippen LogP contribution in [0.25, 0.3) is 0 Å². The summed E-state index contributed by atoms with van der Waals surface area (Å²) in [6, 6.07) is 0. The Morgan fingerprint density at radius 1 is 0.973 bits per heavy atom. The van der Waals surface area contributed by atoms with Crippen LogP contribution in [-0.4, -0.2) is 12.1 Å². The zero-order valence-electron chi connectivity index (χ0n) is 24.8. The van der Waals surface area contributed by atoms with E-state index >= 15 is 0 Å². The number of allylic oxidation sites excluding steroid dienone is 4. The van der Waals surface area contributed by atoms with Crippen molar-refractivity contribution in [2.45, 2.75) is 125 Å². The fraction of sp³-hybridized carbons (Fsp3) is 0.857. The quantitative estimate of drug-likeness (QED) is 0.263. The van der Waals surface area contributed by atoms with Gasteiger partial charge in [0.1, 0.15) is 6.10 Å². The highest BCUT2D eigenvalue weighted by atomic mass is 16.6. The maximum atomic E-state index is 14.3. The second-order valence-electron chi connectivity index (χ2n) is 16.4. The van der Waals surface area contributed by atoms with Gasteiger partial charge in [-0.3, -0.25) is 4.79 Å². The van der Waals surface area contributed by atoms with Crippen LogP contribution in [0.4, 0.5) is 0 Å². The number of ether oxygens (including phenoxy) is 1. The summed E-state index contributed by atoms with van der Waals surface area (Å²) in [6.45, 7) is 17.5. The van der Waals surface area contributed by atoms with Gasteiger partial charge in [0, 0.05) is 11.3 Å². The molecular weight excluding hydrogens is 452 g/mol. The molecule has 3 saturated carbocycles. The molecule has 2 nitrogen and oxygen atoms in total. The number of rotatable bonds is 1. The van der Waals surface area contributed by atoms with Crippen molar-refractivity contribution in [1.29, 1.82) is 0 Å². The number of carbonyl (C=O) groups is 1. The van der Waals surface area contributed by atoms with E-state index < -0.39 is 0 Å². The molecule has 7 aliphatic rings. The molecule has 37 heavy (non-hydrogen) atoms. The predicted octanol–water partition coefficient (Wildman–Crippen LogP) is 8.91. The highest BCUT2D eigenvalue weighted by molar-refractivity contribution is 5.83. The van der Waals surface area contributed by atoms with Crippen LogP contribution < -0.4 is 0 Å². The third kappa shape index (κ3) is 3.03. The van der Waals surface area contributed by atoms with Gasteiger partial charge in [-0.25, -0.2) is 0 Å². The van der Waals surface area contributed by atoms with Gasteiger partial charge in [-0.1, -0.05) is 64.3 Å². The average molecular weight is 505 g/mol. The first kappa shape index (κ1) is 25.0. The number of esters is 1. The normalized spacial score (nSPS) is 54.4. The minimum atomic E-state index is -0.277. The van der Waals surface area contributed by atoms with Gasteiger partial charge in [-0.15, -0.1) is 0 Å². The van der Waals surface area contributed by atoms with Crippen LogP contribution in [0.1, 0.15) is 119 Å². The van der Waals surface area contributed by atoms with Crippen molar-refractivity contribution in [3.63, 3.8) is 0 Å². The maximum absolute atomic E-state index is 14.3. The van der Waals surface area contributed by atoms with Crippen LogP contribution in [0.15, 0.2) is 22.8 Å². The standard InChI is InChI=1S/C35H52O2/c1-20(2)24-12-14-33(6)18-28-30(22(4)10-11-25(24)33)23-16-34(28,7)35(17-23)27-15-26-21(3)9-8-13-32(26,5)19-29(27)37-31(35)36/h9,20,22-27,29H,8,10-19H2,1-7H3/t22-,23-,24+,25-,26+,27+,29-,32-,33+,34-,35+/m0/s1. The first-order valence-corrected chi connectivity index (χ1v) is 16.0. The molecule has 204 valence electrons. The number of fused-ring (bicyclic) bond motifs is 9. The summed E-state index contributed by atoms with van der Waals surface area (Å²) in [5.74, 6) is 5.03. The van der Waals surface area contributed by atoms with E-state index in [4.69, 9.17) is 4.74 Å². The molecule has 2 heteroatoms. The lowest BCUT2D eigenvalue weighted by Gasteiger charge is -2.54. The van der Waals surface area contributed by atoms with Crippen molar-refractivity contribution in [2.24, 2.45) is 63.1 Å². The van der Waals surface area contributed by atoms with E-state index in [0.717, 1.165) is 30.6 Å². The monoisotopic (exact) mass is 504 g/mol. The highest BCUT2D eigenvalue weighted by Crippen LogP contribution is 2.77. The van der Waals surface area contributed by atoms with Gasteiger partial charge in [0.25, 0.3) is 0 Å². The molecule has 0 unspecified atom stereocenters. The smallest absolute Gasteiger partial charge is 0.313 e. The van der Waals surface area contributed by atoms with Gasteiger partial charge in [0.2, 0.25) is 0 Å². The molecule has 11 atom stereocenters. The highest BCUT2D eigenvalue weighted by Gasteiger charge is 2.75. The third-order valence-electron chi connectivity index (χ3n) is 14.4. The van der Waals surface area contributed by atoms with E-state index in [2.05, 4.69) is 54.5 Å². The Bertz CT molecular complexity index is 1080. The van der Waals surface area contributed by atoms with Crippen LogP contribution in [0.2, 0.25) is 0 Å². The summed E-state index contributed by atoms with van der Waals surface area (Å²) in [7, 11) is 0. The molecule has 1 aliphatic heterocycles. The molecule has 0 aromatic heterocycles. The molecule has 6 aliphatic carbocycles. The number of hydrogen-bond donors (Lipinski definition) is 0. The molecule has 1 spiro atoms. The largest absolute Gasteiger partial charge is 0.462 e. The SMILES string of the molecule is CC1=CCC[C@@]2(C)C[C@@H]3OC(=O)[C@@]4(C[C@@H]5C[C@@]4(C)C4=C5[C@@H](C)CC[C@H]5[C@@H](C(C)C)CC[C@]5(C)C4)[C@@H]3C[C@H]12. The third-order valence-corrected chi connectivity index (χ3v) is 14.4. The van der Waals surface area contributed by atoms with Gasteiger partial charge in [0.05, 0.1) is 5.41 Å². The summed E-state index contributed by atoms with van der Waals surface area (Å²) in [5, 5.41) is 0. The predicted molar refractivity (Wildman–Crippen MR) is 150 cm³/mol. The lowest BCUT2D eigenvalue weighted by molar-refractivity contribution is -0.153. The molecule has 2 bridgehead atoms. The molecule has 0 aromatic carbocycles. The Kier molecular flexibility index (Phi) is 5.25. The van der Waals surface area contributed by atoms with Gasteiger partial charge < -0.3 is 4.74 Å². The lowest BCUT2D eigenvalue weighted by Crippen LogP contribution is -2.52. The van der Waals surface area contributed by atoms with Crippen molar-refractivity contribution in [1.82, 2.24) is 0 Å². The zero-order chi connectivity index (χ0) is 26.1. The second-order valence-corrected chi connectivity index (χ2v) is 16.4. The minimum Gasteiger partial charge on any atom is -0.462 e. The van der Waals surface area contributed by atoms with E-state index in [1.807, 2.05) is 5.57 Å². The summed E-state index contributed by atoms with van der Waals surface area (Å²) in [6.07, 6.45) is 16.4. The number of hydrogen-bond acceptors (Lipinski definition) is 2. The fourth-order valence-corrected chi connectivity index (χ4v) is 12.6.